The fourth-order valence-electron chi connectivity index (χ4n) is 1.52. The van der Waals surface area contributed by atoms with Crippen molar-refractivity contribution < 1.29 is 0 Å². The zero-order chi connectivity index (χ0) is 12.7. The van der Waals surface area contributed by atoms with Crippen molar-refractivity contribution in [1.29, 1.82) is 0 Å². The Morgan fingerprint density at radius 2 is 2.24 bits per heavy atom. The number of nitrogens with zero attached hydrogens (tertiary/aromatic N) is 2. The maximum absolute atomic E-state index is 5.35. The predicted octanol–water partition coefficient (Wildman–Crippen LogP) is 2.04. The topological polar surface area (TPSA) is 28.2 Å². The zero-order valence-corrected chi connectivity index (χ0v) is 10.9. The lowest BCUT2D eigenvalue weighted by atomic mass is 10.3. The van der Waals surface area contributed by atoms with E-state index in [0.717, 1.165) is 24.6 Å². The molecule has 1 aromatic rings. The summed E-state index contributed by atoms with van der Waals surface area (Å²) in [4.78, 5) is 6.68. The minimum absolute atomic E-state index is 0.466. The molecule has 1 rings (SSSR count). The van der Waals surface area contributed by atoms with Gasteiger partial charge in [0.2, 0.25) is 0 Å². The van der Waals surface area contributed by atoms with Crippen molar-refractivity contribution in [2.24, 2.45) is 0 Å². The van der Waals surface area contributed by atoms with E-state index in [-0.39, 0.29) is 0 Å². The fourth-order valence-corrected chi connectivity index (χ4v) is 1.52. The Morgan fingerprint density at radius 3 is 2.82 bits per heavy atom. The maximum Gasteiger partial charge on any atom is 0.129 e. The average molecular weight is 231 g/mol. The van der Waals surface area contributed by atoms with E-state index >= 15 is 0 Å². The van der Waals surface area contributed by atoms with Crippen LogP contribution in [0, 0.1) is 12.3 Å². The summed E-state index contributed by atoms with van der Waals surface area (Å²) in [6, 6.07) is 6.52. The molecule has 0 spiro atoms. The van der Waals surface area contributed by atoms with Crippen LogP contribution in [0.1, 0.15) is 26.5 Å². The molecule has 0 aliphatic heterocycles. The third-order valence-electron chi connectivity index (χ3n) is 2.47. The Morgan fingerprint density at radius 1 is 1.47 bits per heavy atom. The molecule has 0 aliphatic rings. The third kappa shape index (κ3) is 4.46. The van der Waals surface area contributed by atoms with E-state index in [1.165, 1.54) is 0 Å². The first-order chi connectivity index (χ1) is 8.17. The van der Waals surface area contributed by atoms with Crippen LogP contribution in [-0.2, 0) is 6.54 Å². The highest BCUT2D eigenvalue weighted by Crippen LogP contribution is 2.10. The van der Waals surface area contributed by atoms with Crippen molar-refractivity contribution in [3.63, 3.8) is 0 Å². The molecular formula is C14H21N3. The Hall–Kier alpha value is -1.53. The summed E-state index contributed by atoms with van der Waals surface area (Å²) in [6.07, 6.45) is 5.35. The second-order valence-corrected chi connectivity index (χ2v) is 4.24. The molecule has 0 radical (unpaired) electrons. The van der Waals surface area contributed by atoms with Crippen LogP contribution < -0.4 is 10.2 Å². The molecule has 0 saturated carbocycles. The van der Waals surface area contributed by atoms with Gasteiger partial charge in [0, 0.05) is 19.1 Å². The van der Waals surface area contributed by atoms with Gasteiger partial charge in [-0.3, -0.25) is 0 Å². The van der Waals surface area contributed by atoms with E-state index in [1.54, 1.807) is 0 Å². The first-order valence-corrected chi connectivity index (χ1v) is 6.05. The smallest absolute Gasteiger partial charge is 0.129 e. The molecule has 1 aromatic heterocycles. The first kappa shape index (κ1) is 13.5. The van der Waals surface area contributed by atoms with Gasteiger partial charge >= 0.3 is 0 Å². The summed E-state index contributed by atoms with van der Waals surface area (Å²) in [5.74, 6) is 3.61. The number of anilines is 1. The zero-order valence-electron chi connectivity index (χ0n) is 10.9. The SMILES string of the molecule is C#CCN(CC)c1cccc(CNC(C)C)n1. The Kier molecular flexibility index (Phi) is 5.51. The summed E-state index contributed by atoms with van der Waals surface area (Å²) in [6.45, 7) is 8.60. The van der Waals surface area contributed by atoms with E-state index in [4.69, 9.17) is 6.42 Å². The van der Waals surface area contributed by atoms with Crippen LogP contribution in [0.2, 0.25) is 0 Å². The molecule has 0 fully saturated rings. The molecular weight excluding hydrogens is 210 g/mol. The first-order valence-electron chi connectivity index (χ1n) is 6.05. The quantitative estimate of drug-likeness (QED) is 0.759. The number of hydrogen-bond donors (Lipinski definition) is 1. The number of terminal acetylenes is 1. The molecule has 3 heteroatoms. The second kappa shape index (κ2) is 6.93. The van der Waals surface area contributed by atoms with Crippen molar-refractivity contribution >= 4 is 5.82 Å². The lowest BCUT2D eigenvalue weighted by Gasteiger charge is -2.19. The molecule has 0 aliphatic carbocycles. The highest BCUT2D eigenvalue weighted by Gasteiger charge is 2.05. The number of aromatic nitrogens is 1. The van der Waals surface area contributed by atoms with Crippen LogP contribution in [0.4, 0.5) is 5.82 Å². The minimum Gasteiger partial charge on any atom is -0.346 e. The average Bonchev–Trinajstić information content (AvgIpc) is 2.34. The second-order valence-electron chi connectivity index (χ2n) is 4.24. The van der Waals surface area contributed by atoms with Gasteiger partial charge in [-0.2, -0.15) is 0 Å². The summed E-state index contributed by atoms with van der Waals surface area (Å²) in [5.41, 5.74) is 1.05. The lowest BCUT2D eigenvalue weighted by Crippen LogP contribution is -2.25. The van der Waals surface area contributed by atoms with Gasteiger partial charge in [-0.05, 0) is 19.1 Å². The van der Waals surface area contributed by atoms with Gasteiger partial charge in [0.1, 0.15) is 5.82 Å². The predicted molar refractivity (Wildman–Crippen MR) is 72.9 cm³/mol. The van der Waals surface area contributed by atoms with Crippen LogP contribution in [0.15, 0.2) is 18.2 Å². The molecule has 0 saturated heterocycles. The van der Waals surface area contributed by atoms with Gasteiger partial charge in [0.25, 0.3) is 0 Å². The van der Waals surface area contributed by atoms with E-state index in [2.05, 4.69) is 41.9 Å². The van der Waals surface area contributed by atoms with E-state index in [0.29, 0.717) is 12.6 Å². The van der Waals surface area contributed by atoms with Crippen molar-refractivity contribution in [2.75, 3.05) is 18.0 Å². The molecule has 0 bridgehead atoms. The van der Waals surface area contributed by atoms with Crippen molar-refractivity contribution in [2.45, 2.75) is 33.4 Å². The number of rotatable bonds is 6. The Bertz CT molecular complexity index is 379. The lowest BCUT2D eigenvalue weighted by molar-refractivity contribution is 0.581. The van der Waals surface area contributed by atoms with Crippen LogP contribution in [0.5, 0.6) is 0 Å². The van der Waals surface area contributed by atoms with Crippen LogP contribution in [-0.4, -0.2) is 24.1 Å². The van der Waals surface area contributed by atoms with E-state index < -0.39 is 0 Å². The van der Waals surface area contributed by atoms with Gasteiger partial charge in [-0.15, -0.1) is 6.42 Å². The Labute approximate surface area is 104 Å². The van der Waals surface area contributed by atoms with Crippen LogP contribution in [0.3, 0.4) is 0 Å². The van der Waals surface area contributed by atoms with Crippen LogP contribution in [0.25, 0.3) is 0 Å². The monoisotopic (exact) mass is 231 g/mol. The summed E-state index contributed by atoms with van der Waals surface area (Å²) >= 11 is 0. The molecule has 0 atom stereocenters. The van der Waals surface area contributed by atoms with Gasteiger partial charge in [0.05, 0.1) is 12.2 Å². The molecule has 3 nitrogen and oxygen atoms in total. The van der Waals surface area contributed by atoms with Crippen molar-refractivity contribution in [3.05, 3.63) is 23.9 Å². The molecule has 0 aromatic carbocycles. The maximum atomic E-state index is 5.35. The Balaban J connectivity index is 2.74. The van der Waals surface area contributed by atoms with Gasteiger partial charge in [0.15, 0.2) is 0 Å². The van der Waals surface area contributed by atoms with Gasteiger partial charge < -0.3 is 10.2 Å². The number of pyridine rings is 1. The summed E-state index contributed by atoms with van der Waals surface area (Å²) in [5, 5.41) is 3.36. The van der Waals surface area contributed by atoms with Crippen molar-refractivity contribution in [1.82, 2.24) is 10.3 Å². The largest absolute Gasteiger partial charge is 0.346 e. The molecule has 0 amide bonds. The molecule has 0 unspecified atom stereocenters. The fraction of sp³-hybridized carbons (Fsp3) is 0.500. The molecule has 92 valence electrons. The van der Waals surface area contributed by atoms with Crippen molar-refractivity contribution in [3.8, 4) is 12.3 Å². The molecule has 17 heavy (non-hydrogen) atoms. The minimum atomic E-state index is 0.466. The number of hydrogen-bond acceptors (Lipinski definition) is 3. The third-order valence-corrected chi connectivity index (χ3v) is 2.47. The number of nitrogens with one attached hydrogen (secondary N) is 1. The summed E-state index contributed by atoms with van der Waals surface area (Å²) < 4.78 is 0. The highest BCUT2D eigenvalue weighted by atomic mass is 15.2. The van der Waals surface area contributed by atoms with E-state index in [1.807, 2.05) is 18.2 Å². The summed E-state index contributed by atoms with van der Waals surface area (Å²) in [7, 11) is 0. The van der Waals surface area contributed by atoms with Gasteiger partial charge in [-0.25, -0.2) is 4.98 Å². The standard InChI is InChI=1S/C14H21N3/c1-5-10-17(6-2)14-9-7-8-13(16-14)11-15-12(3)4/h1,7-9,12,15H,6,10-11H2,2-4H3. The highest BCUT2D eigenvalue weighted by molar-refractivity contribution is 5.40. The van der Waals surface area contributed by atoms with Crippen LogP contribution >= 0.6 is 0 Å². The van der Waals surface area contributed by atoms with Gasteiger partial charge in [-0.1, -0.05) is 25.8 Å². The molecule has 1 N–H and O–H groups in total. The van der Waals surface area contributed by atoms with E-state index in [9.17, 15) is 0 Å². The normalized spacial score (nSPS) is 10.3. The molecule has 1 heterocycles.